The van der Waals surface area contributed by atoms with E-state index in [9.17, 15) is 4.79 Å². The molecule has 0 saturated heterocycles. The smallest absolute Gasteiger partial charge is 0.262 e. The van der Waals surface area contributed by atoms with Crippen LogP contribution in [0.2, 0.25) is 0 Å². The second-order valence-electron chi connectivity index (χ2n) is 6.95. The number of nitrogens with zero attached hydrogens (tertiary/aromatic N) is 2. The van der Waals surface area contributed by atoms with Crippen molar-refractivity contribution in [2.45, 2.75) is 6.92 Å². The number of hydrogen-bond donors (Lipinski definition) is 1. The van der Waals surface area contributed by atoms with Crippen LogP contribution in [0.5, 0.6) is 17.2 Å². The number of methoxy groups -OCH3 is 1. The number of hydrogen-bond acceptors (Lipinski definition) is 7. The van der Waals surface area contributed by atoms with Crippen LogP contribution < -0.4 is 19.5 Å². The third kappa shape index (κ3) is 5.48. The van der Waals surface area contributed by atoms with Crippen molar-refractivity contribution in [3.8, 4) is 40.1 Å². The van der Waals surface area contributed by atoms with Gasteiger partial charge in [0.2, 0.25) is 5.82 Å². The van der Waals surface area contributed by atoms with Crippen molar-refractivity contribution in [3.63, 3.8) is 0 Å². The standard InChI is InChI=1S/C25H23N3O5/c1-3-31-19-13-11-17(12-14-19)25-27-24(28-33-25)18-7-6-8-20(15-18)32-16-23(29)26-21-9-4-5-10-22(21)30-2/h4-15H,3,16H2,1-2H3,(H,26,29). The third-order valence-electron chi connectivity index (χ3n) is 4.68. The van der Waals surface area contributed by atoms with Crippen molar-refractivity contribution in [2.75, 3.05) is 25.6 Å². The molecule has 0 aliphatic carbocycles. The number of carbonyl (C=O) groups excluding carboxylic acids is 1. The Morgan fingerprint density at radius 2 is 1.76 bits per heavy atom. The van der Waals surface area contributed by atoms with Gasteiger partial charge in [-0.25, -0.2) is 0 Å². The monoisotopic (exact) mass is 445 g/mol. The molecule has 0 bridgehead atoms. The molecule has 0 unspecified atom stereocenters. The lowest BCUT2D eigenvalue weighted by Gasteiger charge is -2.10. The van der Waals surface area contributed by atoms with Crippen molar-refractivity contribution in [1.29, 1.82) is 0 Å². The molecular weight excluding hydrogens is 422 g/mol. The molecule has 1 heterocycles. The molecule has 1 N–H and O–H groups in total. The molecule has 0 aliphatic rings. The molecule has 1 amide bonds. The van der Waals surface area contributed by atoms with Crippen molar-refractivity contribution in [3.05, 3.63) is 72.8 Å². The first-order valence-electron chi connectivity index (χ1n) is 10.4. The summed E-state index contributed by atoms with van der Waals surface area (Å²) in [4.78, 5) is 16.8. The van der Waals surface area contributed by atoms with Crippen LogP contribution in [0, 0.1) is 0 Å². The number of para-hydroxylation sites is 2. The maximum atomic E-state index is 12.3. The molecule has 0 atom stereocenters. The number of benzene rings is 3. The van der Waals surface area contributed by atoms with Gasteiger partial charge in [-0.1, -0.05) is 29.4 Å². The lowest BCUT2D eigenvalue weighted by Crippen LogP contribution is -2.20. The number of ether oxygens (including phenoxy) is 3. The van der Waals surface area contributed by atoms with Crippen LogP contribution in [0.4, 0.5) is 5.69 Å². The Kier molecular flexibility index (Phi) is 6.84. The Balaban J connectivity index is 1.40. The second-order valence-corrected chi connectivity index (χ2v) is 6.95. The van der Waals surface area contributed by atoms with E-state index in [0.29, 0.717) is 41.1 Å². The summed E-state index contributed by atoms with van der Waals surface area (Å²) < 4.78 is 21.8. The topological polar surface area (TPSA) is 95.7 Å². The second kappa shape index (κ2) is 10.3. The van der Waals surface area contributed by atoms with Crippen LogP contribution in [0.15, 0.2) is 77.3 Å². The summed E-state index contributed by atoms with van der Waals surface area (Å²) in [6, 6.07) is 21.8. The third-order valence-corrected chi connectivity index (χ3v) is 4.68. The highest BCUT2D eigenvalue weighted by molar-refractivity contribution is 5.93. The van der Waals surface area contributed by atoms with E-state index in [1.807, 2.05) is 49.4 Å². The van der Waals surface area contributed by atoms with E-state index in [2.05, 4.69) is 15.5 Å². The van der Waals surface area contributed by atoms with Gasteiger partial charge in [-0.3, -0.25) is 4.79 Å². The Labute approximate surface area is 191 Å². The summed E-state index contributed by atoms with van der Waals surface area (Å²) in [6.45, 7) is 2.37. The lowest BCUT2D eigenvalue weighted by atomic mass is 10.2. The van der Waals surface area contributed by atoms with E-state index in [0.717, 1.165) is 11.3 Å². The fourth-order valence-corrected chi connectivity index (χ4v) is 3.13. The average Bonchev–Trinajstić information content (AvgIpc) is 3.34. The minimum absolute atomic E-state index is 0.162. The Morgan fingerprint density at radius 1 is 0.939 bits per heavy atom. The largest absolute Gasteiger partial charge is 0.495 e. The molecule has 0 aliphatic heterocycles. The number of nitrogens with one attached hydrogen (secondary N) is 1. The fourth-order valence-electron chi connectivity index (χ4n) is 3.13. The van der Waals surface area contributed by atoms with E-state index in [4.69, 9.17) is 18.7 Å². The van der Waals surface area contributed by atoms with Crippen molar-refractivity contribution in [2.24, 2.45) is 0 Å². The average molecular weight is 445 g/mol. The molecule has 3 aromatic carbocycles. The zero-order valence-electron chi connectivity index (χ0n) is 18.3. The van der Waals surface area contributed by atoms with E-state index in [-0.39, 0.29) is 12.5 Å². The number of aromatic nitrogens is 2. The molecule has 168 valence electrons. The minimum Gasteiger partial charge on any atom is -0.495 e. The van der Waals surface area contributed by atoms with Crippen LogP contribution in [0.3, 0.4) is 0 Å². The van der Waals surface area contributed by atoms with Gasteiger partial charge in [0.05, 0.1) is 19.4 Å². The summed E-state index contributed by atoms with van der Waals surface area (Å²) in [5.41, 5.74) is 2.08. The van der Waals surface area contributed by atoms with E-state index in [1.54, 1.807) is 37.4 Å². The summed E-state index contributed by atoms with van der Waals surface area (Å²) in [5, 5.41) is 6.84. The first-order valence-corrected chi connectivity index (χ1v) is 10.4. The van der Waals surface area contributed by atoms with Crippen LogP contribution in [-0.4, -0.2) is 36.4 Å². The van der Waals surface area contributed by atoms with Crippen molar-refractivity contribution < 1.29 is 23.5 Å². The normalized spacial score (nSPS) is 10.5. The Hall–Kier alpha value is -4.33. The van der Waals surface area contributed by atoms with Crippen molar-refractivity contribution >= 4 is 11.6 Å². The number of amides is 1. The van der Waals surface area contributed by atoms with Crippen LogP contribution >= 0.6 is 0 Å². The van der Waals surface area contributed by atoms with Crippen LogP contribution in [0.1, 0.15) is 6.92 Å². The maximum absolute atomic E-state index is 12.3. The minimum atomic E-state index is -0.303. The molecule has 0 radical (unpaired) electrons. The lowest BCUT2D eigenvalue weighted by molar-refractivity contribution is -0.118. The quantitative estimate of drug-likeness (QED) is 0.394. The summed E-state index contributed by atoms with van der Waals surface area (Å²) in [5.74, 6) is 2.38. The van der Waals surface area contributed by atoms with Gasteiger partial charge >= 0.3 is 0 Å². The molecule has 0 fully saturated rings. The van der Waals surface area contributed by atoms with Gasteiger partial charge < -0.3 is 24.1 Å². The van der Waals surface area contributed by atoms with Gasteiger partial charge in [0, 0.05) is 11.1 Å². The maximum Gasteiger partial charge on any atom is 0.262 e. The molecule has 8 heteroatoms. The van der Waals surface area contributed by atoms with Gasteiger partial charge in [-0.15, -0.1) is 0 Å². The van der Waals surface area contributed by atoms with E-state index >= 15 is 0 Å². The van der Waals surface area contributed by atoms with Gasteiger partial charge in [0.1, 0.15) is 17.2 Å². The fraction of sp³-hybridized carbons (Fsp3) is 0.160. The zero-order chi connectivity index (χ0) is 23.0. The highest BCUT2D eigenvalue weighted by Gasteiger charge is 2.13. The van der Waals surface area contributed by atoms with Crippen molar-refractivity contribution in [1.82, 2.24) is 10.1 Å². The molecule has 0 saturated carbocycles. The molecule has 0 spiro atoms. The van der Waals surface area contributed by atoms with Gasteiger partial charge in [0.25, 0.3) is 11.8 Å². The zero-order valence-corrected chi connectivity index (χ0v) is 18.3. The predicted octanol–water partition coefficient (Wildman–Crippen LogP) is 4.83. The van der Waals surface area contributed by atoms with Gasteiger partial charge in [-0.2, -0.15) is 4.98 Å². The highest BCUT2D eigenvalue weighted by atomic mass is 16.5. The van der Waals surface area contributed by atoms with E-state index < -0.39 is 0 Å². The molecule has 1 aromatic heterocycles. The Morgan fingerprint density at radius 3 is 2.55 bits per heavy atom. The molecule has 4 rings (SSSR count). The first kappa shape index (κ1) is 21.9. The van der Waals surface area contributed by atoms with Gasteiger partial charge in [-0.05, 0) is 55.5 Å². The predicted molar refractivity (Wildman–Crippen MR) is 123 cm³/mol. The molecule has 4 aromatic rings. The molecule has 8 nitrogen and oxygen atoms in total. The molecular formula is C25H23N3O5. The first-order chi connectivity index (χ1) is 16.2. The van der Waals surface area contributed by atoms with Crippen LogP contribution in [-0.2, 0) is 4.79 Å². The number of anilines is 1. The number of rotatable bonds is 9. The Bertz CT molecular complexity index is 1220. The SMILES string of the molecule is CCOc1ccc(-c2nc(-c3cccc(OCC(=O)Nc4ccccc4OC)c3)no2)cc1. The van der Waals surface area contributed by atoms with E-state index in [1.165, 1.54) is 0 Å². The summed E-state index contributed by atoms with van der Waals surface area (Å²) in [7, 11) is 1.55. The highest BCUT2D eigenvalue weighted by Crippen LogP contribution is 2.26. The van der Waals surface area contributed by atoms with Crippen LogP contribution in [0.25, 0.3) is 22.8 Å². The molecule has 33 heavy (non-hydrogen) atoms. The summed E-state index contributed by atoms with van der Waals surface area (Å²) >= 11 is 0. The van der Waals surface area contributed by atoms with Gasteiger partial charge in [0.15, 0.2) is 6.61 Å². The summed E-state index contributed by atoms with van der Waals surface area (Å²) in [6.07, 6.45) is 0. The number of carbonyl (C=O) groups is 1.